The van der Waals surface area contributed by atoms with Crippen molar-refractivity contribution in [1.82, 2.24) is 9.88 Å². The highest BCUT2D eigenvalue weighted by atomic mass is 35.5. The molecule has 0 aliphatic rings. The molecule has 0 aliphatic heterocycles. The van der Waals surface area contributed by atoms with Crippen molar-refractivity contribution in [2.45, 2.75) is 6.92 Å². The van der Waals surface area contributed by atoms with E-state index in [0.29, 0.717) is 39.9 Å². The van der Waals surface area contributed by atoms with Crippen LogP contribution in [0, 0.1) is 0 Å². The number of likely N-dealkylation sites (N-methyl/N-ethyl adjacent to an activating group) is 1. The van der Waals surface area contributed by atoms with Gasteiger partial charge in [0.2, 0.25) is 11.9 Å². The summed E-state index contributed by atoms with van der Waals surface area (Å²) in [7, 11) is 3.85. The molecule has 0 aliphatic carbocycles. The summed E-state index contributed by atoms with van der Waals surface area (Å²) in [5.41, 5.74) is 4.60. The van der Waals surface area contributed by atoms with Gasteiger partial charge in [-0.25, -0.2) is 9.98 Å². The van der Waals surface area contributed by atoms with E-state index in [1.807, 2.05) is 55.5 Å². The number of aliphatic imine (C=N–C) groups is 2. The Labute approximate surface area is 249 Å². The highest BCUT2D eigenvalue weighted by Gasteiger charge is 2.13. The number of hydrogen-bond donors (Lipinski definition) is 4. The standard InChI is InChI=1S/C32H32ClN7O2/c1-21(33)30(27-20-35-28-12-6-5-11-26(27)28)39-32(34-2)38-25-10-7-9-24(19-25)37-31(42)22-14-16-23(17-15-22)36-29(41)13-8-18-40(3)4/h5-17,19-20,35H,2,18H2,1,3-4H3,(H,36,41)(H,37,42)(H,38,39)/b13-8-,30-21+. The minimum absolute atomic E-state index is 0.236. The van der Waals surface area contributed by atoms with Gasteiger partial charge in [0.05, 0.1) is 5.70 Å². The number of guanidine groups is 1. The Kier molecular flexibility index (Phi) is 10.0. The molecule has 0 saturated heterocycles. The van der Waals surface area contributed by atoms with E-state index in [2.05, 4.69) is 37.6 Å². The second kappa shape index (κ2) is 14.1. The van der Waals surface area contributed by atoms with E-state index in [-0.39, 0.29) is 17.8 Å². The highest BCUT2D eigenvalue weighted by Crippen LogP contribution is 2.30. The molecule has 4 rings (SSSR count). The van der Waals surface area contributed by atoms with Crippen molar-refractivity contribution in [3.63, 3.8) is 0 Å². The fraction of sp³-hybridized carbons (Fsp3) is 0.125. The molecule has 0 radical (unpaired) electrons. The molecular weight excluding hydrogens is 550 g/mol. The molecule has 4 aromatic rings. The molecule has 1 heterocycles. The van der Waals surface area contributed by atoms with Gasteiger partial charge in [-0.2, -0.15) is 0 Å². The van der Waals surface area contributed by atoms with Gasteiger partial charge in [0.15, 0.2) is 0 Å². The summed E-state index contributed by atoms with van der Waals surface area (Å²) >= 11 is 6.44. The molecule has 0 atom stereocenters. The number of aromatic amines is 1. The van der Waals surface area contributed by atoms with E-state index in [4.69, 9.17) is 11.6 Å². The average Bonchev–Trinajstić information content (AvgIpc) is 3.39. The molecule has 0 saturated carbocycles. The van der Waals surface area contributed by atoms with Crippen molar-refractivity contribution in [1.29, 1.82) is 0 Å². The number of benzene rings is 3. The van der Waals surface area contributed by atoms with Crippen LogP contribution in [0.2, 0.25) is 0 Å². The summed E-state index contributed by atoms with van der Waals surface area (Å²) in [6.45, 7) is 6.08. The van der Waals surface area contributed by atoms with Crippen LogP contribution in [0.1, 0.15) is 22.8 Å². The number of aromatic nitrogens is 1. The number of carbonyl (C=O) groups excluding carboxylic acids is 2. The Morgan fingerprint density at radius 2 is 1.67 bits per heavy atom. The molecular formula is C32H32ClN7O2. The Bertz CT molecular complexity index is 1680. The van der Waals surface area contributed by atoms with Gasteiger partial charge < -0.3 is 25.8 Å². The number of H-pyrrole nitrogens is 1. The molecule has 3 aromatic carbocycles. The normalized spacial score (nSPS) is 12.4. The van der Waals surface area contributed by atoms with Crippen LogP contribution in [0.15, 0.2) is 106 Å². The monoisotopic (exact) mass is 581 g/mol. The average molecular weight is 582 g/mol. The van der Waals surface area contributed by atoms with Gasteiger partial charge in [0, 0.05) is 62.9 Å². The van der Waals surface area contributed by atoms with Gasteiger partial charge in [-0.1, -0.05) is 41.9 Å². The van der Waals surface area contributed by atoms with Crippen molar-refractivity contribution < 1.29 is 9.59 Å². The second-order valence-corrected chi connectivity index (χ2v) is 10.2. The predicted molar refractivity (Wildman–Crippen MR) is 175 cm³/mol. The highest BCUT2D eigenvalue weighted by molar-refractivity contribution is 6.33. The van der Waals surface area contributed by atoms with Gasteiger partial charge in [0.25, 0.3) is 5.91 Å². The summed E-state index contributed by atoms with van der Waals surface area (Å²) in [5.74, 6) is -0.289. The number of nitrogens with zero attached hydrogens (tertiary/aromatic N) is 3. The number of anilines is 3. The minimum Gasteiger partial charge on any atom is -0.360 e. The maximum absolute atomic E-state index is 12.9. The third-order valence-electron chi connectivity index (χ3n) is 6.07. The van der Waals surface area contributed by atoms with Crippen molar-refractivity contribution in [2.75, 3.05) is 36.6 Å². The lowest BCUT2D eigenvalue weighted by Crippen LogP contribution is -2.14. The number of allylic oxidation sites excluding steroid dienone is 1. The first kappa shape index (κ1) is 30.0. The fourth-order valence-electron chi connectivity index (χ4n) is 4.07. The summed E-state index contributed by atoms with van der Waals surface area (Å²) < 4.78 is 0. The molecule has 2 amide bonds. The molecule has 0 bridgehead atoms. The number of halogens is 1. The SMILES string of the molecule is C=NC(=N/C(=C(\C)Cl)c1c[nH]c2ccccc12)Nc1cccc(NC(=O)c2ccc(NC(=O)/C=C\CN(C)C)cc2)c1. The molecule has 0 spiro atoms. The zero-order chi connectivity index (χ0) is 30.1. The van der Waals surface area contributed by atoms with Crippen LogP contribution >= 0.6 is 11.6 Å². The van der Waals surface area contributed by atoms with Crippen LogP contribution in [0.25, 0.3) is 16.6 Å². The lowest BCUT2D eigenvalue weighted by atomic mass is 10.1. The molecule has 214 valence electrons. The molecule has 9 nitrogen and oxygen atoms in total. The fourth-order valence-corrected chi connectivity index (χ4v) is 4.21. The molecule has 42 heavy (non-hydrogen) atoms. The van der Waals surface area contributed by atoms with Crippen molar-refractivity contribution >= 4 is 69.8 Å². The molecule has 0 fully saturated rings. The van der Waals surface area contributed by atoms with Gasteiger partial charge in [-0.3, -0.25) is 9.59 Å². The van der Waals surface area contributed by atoms with Gasteiger partial charge in [-0.05, 0) is 76.3 Å². The third kappa shape index (κ3) is 8.03. The van der Waals surface area contributed by atoms with Crippen LogP contribution in [-0.2, 0) is 4.79 Å². The third-order valence-corrected chi connectivity index (χ3v) is 6.25. The largest absolute Gasteiger partial charge is 0.360 e. The number of rotatable bonds is 9. The molecule has 4 N–H and O–H groups in total. The lowest BCUT2D eigenvalue weighted by Gasteiger charge is -2.11. The first-order valence-corrected chi connectivity index (χ1v) is 13.5. The summed E-state index contributed by atoms with van der Waals surface area (Å²) in [6.07, 6.45) is 5.12. The van der Waals surface area contributed by atoms with E-state index in [0.717, 1.165) is 16.5 Å². The molecule has 1 aromatic heterocycles. The van der Waals surface area contributed by atoms with Crippen LogP contribution in [0.3, 0.4) is 0 Å². The van der Waals surface area contributed by atoms with Crippen LogP contribution < -0.4 is 16.0 Å². The van der Waals surface area contributed by atoms with E-state index in [1.54, 1.807) is 55.5 Å². The number of amides is 2. The summed E-state index contributed by atoms with van der Waals surface area (Å²) in [4.78, 5) is 38.8. The quantitative estimate of drug-likeness (QED) is 0.102. The van der Waals surface area contributed by atoms with Gasteiger partial charge >= 0.3 is 0 Å². The Hall–Kier alpha value is -4.99. The van der Waals surface area contributed by atoms with Crippen LogP contribution in [0.4, 0.5) is 17.1 Å². The zero-order valence-electron chi connectivity index (χ0n) is 23.6. The Morgan fingerprint density at radius 1 is 0.952 bits per heavy atom. The summed E-state index contributed by atoms with van der Waals surface area (Å²) in [5, 5.41) is 10.3. The molecule has 10 heteroatoms. The van der Waals surface area contributed by atoms with Gasteiger partial charge in [-0.15, -0.1) is 0 Å². The maximum Gasteiger partial charge on any atom is 0.255 e. The summed E-state index contributed by atoms with van der Waals surface area (Å²) in [6, 6.07) is 21.7. The Morgan fingerprint density at radius 3 is 2.36 bits per heavy atom. The first-order chi connectivity index (χ1) is 20.2. The van der Waals surface area contributed by atoms with E-state index in [9.17, 15) is 9.59 Å². The van der Waals surface area contributed by atoms with Crippen molar-refractivity contribution in [2.24, 2.45) is 9.98 Å². The van der Waals surface area contributed by atoms with E-state index in [1.165, 1.54) is 6.08 Å². The van der Waals surface area contributed by atoms with Crippen LogP contribution in [0.5, 0.6) is 0 Å². The lowest BCUT2D eigenvalue weighted by molar-refractivity contribution is -0.111. The van der Waals surface area contributed by atoms with Gasteiger partial charge in [0.1, 0.15) is 0 Å². The first-order valence-electron chi connectivity index (χ1n) is 13.1. The number of para-hydroxylation sites is 1. The minimum atomic E-state index is -0.297. The second-order valence-electron chi connectivity index (χ2n) is 9.61. The van der Waals surface area contributed by atoms with E-state index >= 15 is 0 Å². The Balaban J connectivity index is 1.43. The zero-order valence-corrected chi connectivity index (χ0v) is 24.4. The van der Waals surface area contributed by atoms with E-state index < -0.39 is 0 Å². The molecule has 0 unspecified atom stereocenters. The smallest absolute Gasteiger partial charge is 0.255 e. The van der Waals surface area contributed by atoms with Crippen LogP contribution in [-0.4, -0.2) is 55.0 Å². The number of fused-ring (bicyclic) bond motifs is 1. The van der Waals surface area contributed by atoms with Crippen molar-refractivity contribution in [3.05, 3.63) is 107 Å². The van der Waals surface area contributed by atoms with Crippen molar-refractivity contribution in [3.8, 4) is 0 Å². The number of carbonyl (C=O) groups is 2. The topological polar surface area (TPSA) is 114 Å². The predicted octanol–water partition coefficient (Wildman–Crippen LogP) is 6.57. The number of nitrogens with one attached hydrogen (secondary N) is 4. The number of hydrogen-bond acceptors (Lipinski definition) is 4. The maximum atomic E-state index is 12.9.